The van der Waals surface area contributed by atoms with Crippen LogP contribution in [0.15, 0.2) is 6.07 Å². The second kappa shape index (κ2) is 6.27. The van der Waals surface area contributed by atoms with Crippen molar-refractivity contribution in [2.75, 3.05) is 12.0 Å². The normalized spacial score (nSPS) is 12.8. The summed E-state index contributed by atoms with van der Waals surface area (Å²) in [4.78, 5) is 11.3. The van der Waals surface area contributed by atoms with Crippen molar-refractivity contribution in [2.24, 2.45) is 5.84 Å². The fourth-order valence-electron chi connectivity index (χ4n) is 2.06. The number of thiophene rings is 1. The quantitative estimate of drug-likeness (QED) is 0.628. The maximum absolute atomic E-state index is 5.73. The van der Waals surface area contributed by atoms with Gasteiger partial charge in [-0.1, -0.05) is 13.3 Å². The summed E-state index contributed by atoms with van der Waals surface area (Å²) >= 11 is 1.65. The van der Waals surface area contributed by atoms with Crippen LogP contribution in [0.3, 0.4) is 0 Å². The lowest BCUT2D eigenvalue weighted by Crippen LogP contribution is -2.14. The van der Waals surface area contributed by atoms with Gasteiger partial charge in [-0.25, -0.2) is 15.8 Å². The number of aryl methyl sites for hydroxylation is 1. The van der Waals surface area contributed by atoms with Gasteiger partial charge in [0.25, 0.3) is 0 Å². The molecule has 6 heteroatoms. The van der Waals surface area contributed by atoms with Gasteiger partial charge < -0.3 is 10.2 Å². The molecule has 1 atom stereocenters. The molecular weight excluding hydrogens is 260 g/mol. The highest BCUT2D eigenvalue weighted by molar-refractivity contribution is 7.18. The van der Waals surface area contributed by atoms with Gasteiger partial charge in [-0.05, 0) is 26.3 Å². The van der Waals surface area contributed by atoms with E-state index < -0.39 is 0 Å². The van der Waals surface area contributed by atoms with E-state index in [0.717, 1.165) is 23.1 Å². The molecule has 0 saturated carbocycles. The van der Waals surface area contributed by atoms with Crippen molar-refractivity contribution in [1.82, 2.24) is 9.97 Å². The first-order valence-electron chi connectivity index (χ1n) is 6.55. The van der Waals surface area contributed by atoms with Crippen molar-refractivity contribution in [3.63, 3.8) is 0 Å². The highest BCUT2D eigenvalue weighted by Gasteiger charge is 2.17. The largest absolute Gasteiger partial charge is 0.371 e. The number of hydrazine groups is 1. The fraction of sp³-hybridized carbons (Fsp3) is 0.538. The highest BCUT2D eigenvalue weighted by Crippen LogP contribution is 2.30. The molecule has 0 radical (unpaired) electrons. The molecule has 2 heterocycles. The Morgan fingerprint density at radius 3 is 2.84 bits per heavy atom. The molecule has 2 aromatic rings. The van der Waals surface area contributed by atoms with Crippen LogP contribution in [0.4, 0.5) is 5.82 Å². The minimum absolute atomic E-state index is 0.0612. The van der Waals surface area contributed by atoms with Crippen LogP contribution >= 0.6 is 11.3 Å². The monoisotopic (exact) mass is 280 g/mol. The summed E-state index contributed by atoms with van der Waals surface area (Å²) in [6.45, 7) is 6.82. The molecule has 0 aliphatic heterocycles. The third kappa shape index (κ3) is 3.02. The van der Waals surface area contributed by atoms with Crippen molar-refractivity contribution in [3.8, 4) is 0 Å². The number of hydrogen-bond donors (Lipinski definition) is 2. The molecule has 1 unspecified atom stereocenters. The standard InChI is InChI=1S/C13H20N4OS/c1-4-6-10(18-5-2)12-15-11(17-14)9-7-8(3)19-13(9)16-12/h7,10H,4-6,14H2,1-3H3,(H,15,16,17). The van der Waals surface area contributed by atoms with Crippen LogP contribution in [-0.4, -0.2) is 16.6 Å². The molecule has 2 aromatic heterocycles. The van der Waals surface area contributed by atoms with E-state index in [1.807, 2.05) is 6.92 Å². The Balaban J connectivity index is 2.47. The Kier molecular flexibility index (Phi) is 4.68. The number of hydrogen-bond acceptors (Lipinski definition) is 6. The van der Waals surface area contributed by atoms with Gasteiger partial charge in [0.15, 0.2) is 11.6 Å². The molecule has 0 aromatic carbocycles. The highest BCUT2D eigenvalue weighted by atomic mass is 32.1. The Hall–Kier alpha value is -1.24. The van der Waals surface area contributed by atoms with Crippen molar-refractivity contribution in [2.45, 2.75) is 39.7 Å². The predicted molar refractivity (Wildman–Crippen MR) is 79.2 cm³/mol. The molecule has 0 aliphatic rings. The minimum atomic E-state index is -0.0612. The fourth-order valence-corrected chi connectivity index (χ4v) is 2.95. The van der Waals surface area contributed by atoms with Gasteiger partial charge in [-0.3, -0.25) is 0 Å². The SMILES string of the molecule is CCCC(OCC)c1nc(NN)c2cc(C)sc2n1. The Labute approximate surface area is 117 Å². The van der Waals surface area contributed by atoms with E-state index in [1.165, 1.54) is 4.88 Å². The summed E-state index contributed by atoms with van der Waals surface area (Å²) in [6.07, 6.45) is 1.88. The molecule has 0 spiro atoms. The average Bonchev–Trinajstić information content (AvgIpc) is 2.77. The van der Waals surface area contributed by atoms with Gasteiger partial charge in [0.05, 0.1) is 5.39 Å². The molecule has 0 bridgehead atoms. The molecule has 0 saturated heterocycles. The van der Waals surface area contributed by atoms with Crippen LogP contribution in [0.1, 0.15) is 43.5 Å². The first-order chi connectivity index (χ1) is 9.19. The zero-order valence-electron chi connectivity index (χ0n) is 11.6. The van der Waals surface area contributed by atoms with Crippen LogP contribution in [-0.2, 0) is 4.74 Å². The van der Waals surface area contributed by atoms with Crippen molar-refractivity contribution < 1.29 is 4.74 Å². The lowest BCUT2D eigenvalue weighted by Gasteiger charge is -2.15. The average molecular weight is 280 g/mol. The van der Waals surface area contributed by atoms with E-state index >= 15 is 0 Å². The van der Waals surface area contributed by atoms with E-state index in [0.29, 0.717) is 18.2 Å². The summed E-state index contributed by atoms with van der Waals surface area (Å²) in [7, 11) is 0. The second-order valence-electron chi connectivity index (χ2n) is 4.38. The van der Waals surface area contributed by atoms with E-state index in [4.69, 9.17) is 10.6 Å². The third-order valence-corrected chi connectivity index (χ3v) is 3.82. The number of nitrogens with two attached hydrogens (primary N) is 1. The molecular formula is C13H20N4OS. The minimum Gasteiger partial charge on any atom is -0.371 e. The molecule has 5 nitrogen and oxygen atoms in total. The molecule has 0 fully saturated rings. The zero-order valence-corrected chi connectivity index (χ0v) is 12.4. The second-order valence-corrected chi connectivity index (χ2v) is 5.62. The lowest BCUT2D eigenvalue weighted by molar-refractivity contribution is 0.0497. The first kappa shape index (κ1) is 14.2. The van der Waals surface area contributed by atoms with E-state index in [-0.39, 0.29) is 6.10 Å². The van der Waals surface area contributed by atoms with Gasteiger partial charge in [0.1, 0.15) is 10.9 Å². The van der Waals surface area contributed by atoms with Gasteiger partial charge in [0, 0.05) is 11.5 Å². The summed E-state index contributed by atoms with van der Waals surface area (Å²) in [5.41, 5.74) is 2.66. The van der Waals surface area contributed by atoms with E-state index in [9.17, 15) is 0 Å². The molecule has 0 amide bonds. The summed E-state index contributed by atoms with van der Waals surface area (Å²) in [6, 6.07) is 2.05. The number of aromatic nitrogens is 2. The Morgan fingerprint density at radius 2 is 2.21 bits per heavy atom. The number of ether oxygens (including phenoxy) is 1. The molecule has 3 N–H and O–H groups in total. The Morgan fingerprint density at radius 1 is 1.42 bits per heavy atom. The summed E-state index contributed by atoms with van der Waals surface area (Å²) in [5.74, 6) is 6.95. The zero-order chi connectivity index (χ0) is 13.8. The van der Waals surface area contributed by atoms with Crippen molar-refractivity contribution in [1.29, 1.82) is 0 Å². The third-order valence-electron chi connectivity index (χ3n) is 2.88. The van der Waals surface area contributed by atoms with Crippen molar-refractivity contribution in [3.05, 3.63) is 16.8 Å². The first-order valence-corrected chi connectivity index (χ1v) is 7.37. The van der Waals surface area contributed by atoms with Gasteiger partial charge in [-0.15, -0.1) is 11.3 Å². The number of nitrogen functional groups attached to an aromatic ring is 1. The van der Waals surface area contributed by atoms with Gasteiger partial charge >= 0.3 is 0 Å². The smallest absolute Gasteiger partial charge is 0.161 e. The Bertz CT molecular complexity index is 549. The molecule has 19 heavy (non-hydrogen) atoms. The molecule has 104 valence electrons. The van der Waals surface area contributed by atoms with Crippen LogP contribution in [0.5, 0.6) is 0 Å². The maximum Gasteiger partial charge on any atom is 0.161 e. The number of rotatable bonds is 6. The number of anilines is 1. The number of fused-ring (bicyclic) bond motifs is 1. The summed E-state index contributed by atoms with van der Waals surface area (Å²) < 4.78 is 5.73. The van der Waals surface area contributed by atoms with Crippen LogP contribution in [0, 0.1) is 6.92 Å². The number of nitrogens with zero attached hydrogens (tertiary/aromatic N) is 2. The summed E-state index contributed by atoms with van der Waals surface area (Å²) in [5, 5.41) is 0.973. The van der Waals surface area contributed by atoms with Crippen LogP contribution in [0.25, 0.3) is 10.2 Å². The van der Waals surface area contributed by atoms with Crippen LogP contribution in [0.2, 0.25) is 0 Å². The van der Waals surface area contributed by atoms with Crippen LogP contribution < -0.4 is 11.3 Å². The topological polar surface area (TPSA) is 73.1 Å². The van der Waals surface area contributed by atoms with Crippen molar-refractivity contribution >= 4 is 27.4 Å². The van der Waals surface area contributed by atoms with E-state index in [1.54, 1.807) is 11.3 Å². The lowest BCUT2D eigenvalue weighted by atomic mass is 10.2. The van der Waals surface area contributed by atoms with Gasteiger partial charge in [-0.2, -0.15) is 0 Å². The van der Waals surface area contributed by atoms with Gasteiger partial charge in [0.2, 0.25) is 0 Å². The predicted octanol–water partition coefficient (Wildman–Crippen LogP) is 3.16. The maximum atomic E-state index is 5.73. The number of nitrogens with one attached hydrogen (secondary N) is 1. The molecule has 0 aliphatic carbocycles. The van der Waals surface area contributed by atoms with E-state index in [2.05, 4.69) is 35.3 Å². The molecule has 2 rings (SSSR count).